The number of aryl methyl sites for hydroxylation is 1. The van der Waals surface area contributed by atoms with Gasteiger partial charge in [-0.1, -0.05) is 0 Å². The molecule has 0 aliphatic rings. The van der Waals surface area contributed by atoms with Gasteiger partial charge in [0.2, 0.25) is 0 Å². The van der Waals surface area contributed by atoms with Gasteiger partial charge in [0.1, 0.15) is 5.69 Å². The van der Waals surface area contributed by atoms with E-state index in [1.807, 2.05) is 0 Å². The fourth-order valence-electron chi connectivity index (χ4n) is 1.03. The van der Waals surface area contributed by atoms with E-state index in [9.17, 15) is 4.79 Å². The Balaban J connectivity index is 3.13. The van der Waals surface area contributed by atoms with E-state index < -0.39 is 7.12 Å². The molecule has 1 rings (SSSR count). The van der Waals surface area contributed by atoms with Crippen LogP contribution in [-0.4, -0.2) is 27.9 Å². The minimum Gasteiger partial charge on any atom is -0.423 e. The second-order valence-corrected chi connectivity index (χ2v) is 2.86. The Labute approximate surface area is 76.4 Å². The van der Waals surface area contributed by atoms with Crippen molar-refractivity contribution in [1.29, 1.82) is 0 Å². The molecule has 1 aromatic heterocycles. The Kier molecular flexibility index (Phi) is 2.80. The number of ketones is 1. The van der Waals surface area contributed by atoms with E-state index in [1.54, 1.807) is 6.92 Å². The van der Waals surface area contributed by atoms with Crippen LogP contribution in [0.15, 0.2) is 12.3 Å². The smallest absolute Gasteiger partial charge is 0.423 e. The molecule has 0 unspecified atom stereocenters. The van der Waals surface area contributed by atoms with Crippen molar-refractivity contribution in [2.24, 2.45) is 0 Å². The number of aromatic nitrogens is 1. The van der Waals surface area contributed by atoms with Crippen LogP contribution in [0.25, 0.3) is 0 Å². The number of carbonyl (C=O) groups is 1. The first kappa shape index (κ1) is 9.89. The van der Waals surface area contributed by atoms with Crippen molar-refractivity contribution in [2.45, 2.75) is 13.8 Å². The molecule has 0 saturated carbocycles. The zero-order valence-electron chi connectivity index (χ0n) is 7.48. The summed E-state index contributed by atoms with van der Waals surface area (Å²) in [5.74, 6) is -0.137. The lowest BCUT2D eigenvalue weighted by atomic mass is 9.78. The van der Waals surface area contributed by atoms with Gasteiger partial charge in [-0.3, -0.25) is 9.78 Å². The Bertz CT molecular complexity index is 338. The molecule has 1 heterocycles. The summed E-state index contributed by atoms with van der Waals surface area (Å²) in [6.45, 7) is 3.11. The minimum absolute atomic E-state index is 0.137. The van der Waals surface area contributed by atoms with Gasteiger partial charge in [0.05, 0.1) is 0 Å². The maximum atomic E-state index is 10.9. The third kappa shape index (κ3) is 2.14. The summed E-state index contributed by atoms with van der Waals surface area (Å²) in [6, 6.07) is 1.54. The first-order valence-electron chi connectivity index (χ1n) is 3.86. The number of rotatable bonds is 2. The molecule has 13 heavy (non-hydrogen) atoms. The Hall–Kier alpha value is -1.20. The lowest BCUT2D eigenvalue weighted by molar-refractivity contribution is 0.101. The molecule has 0 fully saturated rings. The molecule has 0 amide bonds. The van der Waals surface area contributed by atoms with E-state index in [1.165, 1.54) is 19.2 Å². The standard InChI is InChI=1S/C8H10BNO3/c1-5-3-8(6(2)11)10-4-7(5)9(12)13/h3-4,12-13H,1-2H3. The number of Topliss-reactive ketones (excluding diaryl/α,β-unsaturated/α-hetero) is 1. The molecule has 68 valence electrons. The van der Waals surface area contributed by atoms with E-state index in [0.717, 1.165) is 0 Å². The average molecular weight is 179 g/mol. The number of hydrogen-bond acceptors (Lipinski definition) is 4. The van der Waals surface area contributed by atoms with Crippen LogP contribution in [-0.2, 0) is 0 Å². The minimum atomic E-state index is -1.53. The third-order valence-electron chi connectivity index (χ3n) is 1.79. The second-order valence-electron chi connectivity index (χ2n) is 2.86. The van der Waals surface area contributed by atoms with E-state index in [0.29, 0.717) is 16.7 Å². The predicted molar refractivity (Wildman–Crippen MR) is 48.8 cm³/mol. The highest BCUT2D eigenvalue weighted by Crippen LogP contribution is 1.99. The third-order valence-corrected chi connectivity index (χ3v) is 1.79. The van der Waals surface area contributed by atoms with Crippen molar-refractivity contribution in [2.75, 3.05) is 0 Å². The van der Waals surface area contributed by atoms with Crippen LogP contribution in [0.1, 0.15) is 23.0 Å². The SMILES string of the molecule is CC(=O)c1cc(C)c(B(O)O)cn1. The van der Waals surface area contributed by atoms with Crippen molar-refractivity contribution in [1.82, 2.24) is 4.98 Å². The van der Waals surface area contributed by atoms with Gasteiger partial charge in [-0.2, -0.15) is 0 Å². The van der Waals surface area contributed by atoms with Gasteiger partial charge in [0.15, 0.2) is 5.78 Å². The van der Waals surface area contributed by atoms with Crippen LogP contribution >= 0.6 is 0 Å². The lowest BCUT2D eigenvalue weighted by Crippen LogP contribution is -2.32. The van der Waals surface area contributed by atoms with Gasteiger partial charge in [-0.05, 0) is 18.6 Å². The fraction of sp³-hybridized carbons (Fsp3) is 0.250. The van der Waals surface area contributed by atoms with Gasteiger partial charge >= 0.3 is 7.12 Å². The molecule has 1 aromatic rings. The van der Waals surface area contributed by atoms with Gasteiger partial charge < -0.3 is 10.0 Å². The first-order chi connectivity index (χ1) is 6.02. The van der Waals surface area contributed by atoms with Gasteiger partial charge in [-0.25, -0.2) is 0 Å². The van der Waals surface area contributed by atoms with Crippen molar-refractivity contribution in [3.63, 3.8) is 0 Å². The molecular formula is C8H10BNO3. The zero-order valence-corrected chi connectivity index (χ0v) is 7.48. The number of nitrogens with zero attached hydrogens (tertiary/aromatic N) is 1. The normalized spacial score (nSPS) is 9.85. The van der Waals surface area contributed by atoms with Crippen LogP contribution in [0, 0.1) is 6.92 Å². The number of pyridine rings is 1. The van der Waals surface area contributed by atoms with Crippen LogP contribution in [0.4, 0.5) is 0 Å². The summed E-state index contributed by atoms with van der Waals surface area (Å²) in [5.41, 5.74) is 1.31. The molecule has 5 heteroatoms. The summed E-state index contributed by atoms with van der Waals surface area (Å²) >= 11 is 0. The molecule has 0 atom stereocenters. The Morgan fingerprint density at radius 1 is 1.54 bits per heavy atom. The molecule has 0 radical (unpaired) electrons. The summed E-state index contributed by atoms with van der Waals surface area (Å²) in [4.78, 5) is 14.7. The maximum Gasteiger partial charge on any atom is 0.490 e. The molecule has 0 bridgehead atoms. The molecule has 0 aliphatic carbocycles. The van der Waals surface area contributed by atoms with Crippen molar-refractivity contribution >= 4 is 18.4 Å². The molecule has 0 aromatic carbocycles. The quantitative estimate of drug-likeness (QED) is 0.463. The van der Waals surface area contributed by atoms with E-state index >= 15 is 0 Å². The highest BCUT2D eigenvalue weighted by atomic mass is 16.4. The number of carbonyl (C=O) groups excluding carboxylic acids is 1. The van der Waals surface area contributed by atoms with Crippen molar-refractivity contribution in [3.05, 3.63) is 23.5 Å². The van der Waals surface area contributed by atoms with Gasteiger partial charge in [0.25, 0.3) is 0 Å². The maximum absolute atomic E-state index is 10.9. The molecular weight excluding hydrogens is 169 g/mol. The average Bonchev–Trinajstić information content (AvgIpc) is 2.03. The fourth-order valence-corrected chi connectivity index (χ4v) is 1.03. The summed E-state index contributed by atoms with van der Waals surface area (Å²) in [6.07, 6.45) is 1.30. The van der Waals surface area contributed by atoms with Crippen molar-refractivity contribution < 1.29 is 14.8 Å². The lowest BCUT2D eigenvalue weighted by Gasteiger charge is -2.04. The summed E-state index contributed by atoms with van der Waals surface area (Å²) < 4.78 is 0. The molecule has 0 spiro atoms. The van der Waals surface area contributed by atoms with Crippen molar-refractivity contribution in [3.8, 4) is 0 Å². The highest BCUT2D eigenvalue weighted by Gasteiger charge is 2.15. The summed E-state index contributed by atoms with van der Waals surface area (Å²) in [5, 5.41) is 17.7. The second kappa shape index (κ2) is 3.68. The largest absolute Gasteiger partial charge is 0.490 e. The summed E-state index contributed by atoms with van der Waals surface area (Å²) in [7, 11) is -1.53. The van der Waals surface area contributed by atoms with Crippen LogP contribution in [0.5, 0.6) is 0 Å². The van der Waals surface area contributed by atoms with E-state index in [2.05, 4.69) is 4.98 Å². The molecule has 0 aliphatic heterocycles. The van der Waals surface area contributed by atoms with Gasteiger partial charge in [-0.15, -0.1) is 0 Å². The van der Waals surface area contributed by atoms with Gasteiger partial charge in [0, 0.05) is 18.6 Å². The Morgan fingerprint density at radius 2 is 2.15 bits per heavy atom. The topological polar surface area (TPSA) is 70.4 Å². The van der Waals surface area contributed by atoms with Crippen LogP contribution in [0.2, 0.25) is 0 Å². The number of hydrogen-bond donors (Lipinski definition) is 2. The monoisotopic (exact) mass is 179 g/mol. The zero-order chi connectivity index (χ0) is 10.0. The predicted octanol–water partition coefficient (Wildman–Crippen LogP) is -0.728. The molecule has 2 N–H and O–H groups in total. The van der Waals surface area contributed by atoms with Crippen LogP contribution in [0.3, 0.4) is 0 Å². The van der Waals surface area contributed by atoms with Crippen LogP contribution < -0.4 is 5.46 Å². The Morgan fingerprint density at radius 3 is 2.54 bits per heavy atom. The molecule has 4 nitrogen and oxygen atoms in total. The molecule has 0 saturated heterocycles. The highest BCUT2D eigenvalue weighted by molar-refractivity contribution is 6.59. The van der Waals surface area contributed by atoms with E-state index in [4.69, 9.17) is 10.0 Å². The van der Waals surface area contributed by atoms with E-state index in [-0.39, 0.29) is 5.78 Å². The first-order valence-corrected chi connectivity index (χ1v) is 3.86.